The molecule has 0 aromatic heterocycles. The lowest BCUT2D eigenvalue weighted by Crippen LogP contribution is -2.25. The zero-order valence-corrected chi connectivity index (χ0v) is 23.9. The Balaban J connectivity index is 1.69. The van der Waals surface area contributed by atoms with Crippen molar-refractivity contribution in [3.8, 4) is 0 Å². The van der Waals surface area contributed by atoms with Crippen LogP contribution in [0.15, 0.2) is 180 Å². The number of nitrogens with zero attached hydrogens (tertiary/aromatic N) is 2. The fraction of sp³-hybridized carbons (Fsp3) is 0.0263. The molecule has 0 aliphatic heterocycles. The van der Waals surface area contributed by atoms with Crippen molar-refractivity contribution in [3.63, 3.8) is 0 Å². The van der Waals surface area contributed by atoms with Gasteiger partial charge in [-0.1, -0.05) is 157 Å². The molecule has 0 heterocycles. The summed E-state index contributed by atoms with van der Waals surface area (Å²) in [6.45, 7) is 2.10. The monoisotopic (exact) mass is 546 g/mol. The molecular formula is C38H31N2P. The molecule has 6 aromatic rings. The van der Waals surface area contributed by atoms with Crippen LogP contribution in [0.5, 0.6) is 0 Å². The smallest absolute Gasteiger partial charge is 0.0803 e. The van der Waals surface area contributed by atoms with Gasteiger partial charge in [0.05, 0.1) is 24.1 Å². The molecule has 0 saturated heterocycles. The molecular weight excluding hydrogens is 515 g/mol. The first-order chi connectivity index (χ1) is 20.2. The molecule has 0 aliphatic carbocycles. The van der Waals surface area contributed by atoms with Crippen molar-refractivity contribution in [2.75, 3.05) is 0 Å². The van der Waals surface area contributed by atoms with Crippen molar-refractivity contribution < 1.29 is 0 Å². The summed E-state index contributed by atoms with van der Waals surface area (Å²) in [6, 6.07) is 59.5. The van der Waals surface area contributed by atoms with E-state index in [2.05, 4.69) is 171 Å². The fourth-order valence-corrected chi connectivity index (χ4v) is 8.65. The molecule has 3 heteroatoms. The molecule has 0 bridgehead atoms. The molecule has 0 radical (unpaired) electrons. The Hall–Kier alpha value is -4.78. The van der Waals surface area contributed by atoms with Crippen molar-refractivity contribution in [1.82, 2.24) is 0 Å². The maximum Gasteiger partial charge on any atom is 0.0803 e. The van der Waals surface area contributed by atoms with E-state index in [0.717, 1.165) is 28.2 Å². The minimum absolute atomic E-state index is 0.904. The van der Waals surface area contributed by atoms with Crippen molar-refractivity contribution in [3.05, 3.63) is 187 Å². The van der Waals surface area contributed by atoms with Gasteiger partial charge in [0, 0.05) is 27.0 Å². The van der Waals surface area contributed by atoms with Gasteiger partial charge in [0.25, 0.3) is 0 Å². The average molecular weight is 547 g/mol. The number of hydrogen-bond donors (Lipinski definition) is 0. The van der Waals surface area contributed by atoms with E-state index >= 15 is 0 Å². The molecule has 2 nitrogen and oxygen atoms in total. The van der Waals surface area contributed by atoms with Gasteiger partial charge in [0.1, 0.15) is 0 Å². The van der Waals surface area contributed by atoms with E-state index in [1.54, 1.807) is 0 Å². The molecule has 6 rings (SSSR count). The van der Waals surface area contributed by atoms with Gasteiger partial charge < -0.3 is 0 Å². The lowest BCUT2D eigenvalue weighted by Gasteiger charge is -2.27. The van der Waals surface area contributed by atoms with E-state index < -0.39 is 7.05 Å². The highest BCUT2D eigenvalue weighted by atomic mass is 31.2. The van der Waals surface area contributed by atoms with Gasteiger partial charge in [0.2, 0.25) is 0 Å². The maximum absolute atomic E-state index is 5.83. The second kappa shape index (κ2) is 12.2. The van der Waals surface area contributed by atoms with Gasteiger partial charge in [0.15, 0.2) is 0 Å². The van der Waals surface area contributed by atoms with Crippen molar-refractivity contribution >= 4 is 40.1 Å². The molecule has 0 unspecified atom stereocenters. The number of aryl methyl sites for hydroxylation is 1. The topological polar surface area (TPSA) is 24.7 Å². The minimum atomic E-state index is -2.45. The molecule has 0 N–H and O–H groups in total. The summed E-state index contributed by atoms with van der Waals surface area (Å²) in [6.07, 6.45) is 0. The van der Waals surface area contributed by atoms with E-state index in [9.17, 15) is 0 Å². The van der Waals surface area contributed by atoms with Crippen LogP contribution in [0, 0.1) is 6.92 Å². The van der Waals surface area contributed by atoms with E-state index in [1.807, 2.05) is 6.07 Å². The number of hydrogen-bond acceptors (Lipinski definition) is 2. The molecule has 41 heavy (non-hydrogen) atoms. The molecule has 0 saturated carbocycles. The molecule has 0 atom stereocenters. The van der Waals surface area contributed by atoms with Gasteiger partial charge in [-0.15, -0.1) is 0 Å². The lowest BCUT2D eigenvalue weighted by atomic mass is 10.0. The van der Waals surface area contributed by atoms with E-state index in [1.165, 1.54) is 21.5 Å². The van der Waals surface area contributed by atoms with Crippen LogP contribution in [0.25, 0.3) is 0 Å². The Bertz CT molecular complexity index is 1710. The first-order valence-electron chi connectivity index (χ1n) is 13.8. The Morgan fingerprint density at radius 1 is 0.463 bits per heavy atom. The van der Waals surface area contributed by atoms with Crippen molar-refractivity contribution in [2.45, 2.75) is 6.92 Å². The number of rotatable bonds is 7. The van der Waals surface area contributed by atoms with Crippen molar-refractivity contribution in [2.24, 2.45) is 9.74 Å². The lowest BCUT2D eigenvalue weighted by molar-refractivity contribution is 1.42. The highest BCUT2D eigenvalue weighted by Crippen LogP contribution is 2.50. The number of aliphatic imine (C=N–C) groups is 1. The molecule has 6 aromatic carbocycles. The Kier molecular flexibility index (Phi) is 7.85. The SMILES string of the molecule is Cc1ccc(N=C(c2ccccc2)c2ccccc2N=P(c2ccccc2)(c2ccccc2)c2ccccc2)cc1. The first-order valence-corrected chi connectivity index (χ1v) is 15.6. The molecule has 0 aliphatic rings. The first kappa shape index (κ1) is 26.4. The van der Waals surface area contributed by atoms with Crippen LogP contribution in [0.2, 0.25) is 0 Å². The normalized spacial score (nSPS) is 11.7. The van der Waals surface area contributed by atoms with Crippen molar-refractivity contribution in [1.29, 1.82) is 0 Å². The van der Waals surface area contributed by atoms with Crippen LogP contribution < -0.4 is 15.9 Å². The predicted octanol–water partition coefficient (Wildman–Crippen LogP) is 8.97. The van der Waals surface area contributed by atoms with Gasteiger partial charge in [-0.05, 0) is 25.1 Å². The summed E-state index contributed by atoms with van der Waals surface area (Å²) >= 11 is 0. The molecule has 0 fully saturated rings. The maximum atomic E-state index is 5.83. The van der Waals surface area contributed by atoms with Crippen LogP contribution in [0.3, 0.4) is 0 Å². The quantitative estimate of drug-likeness (QED) is 0.141. The highest BCUT2D eigenvalue weighted by Gasteiger charge is 2.28. The fourth-order valence-electron chi connectivity index (χ4n) is 5.10. The number of benzene rings is 6. The standard InChI is InChI=1S/C38H31N2P/c1-30-26-28-32(29-27-30)39-38(31-16-6-2-7-17-31)36-24-14-15-25-37(36)40-41(33-18-8-3-9-19-33,34-20-10-4-11-21-34)35-22-12-5-13-23-35/h2-29H,1H3. The van der Waals surface area contributed by atoms with Gasteiger partial charge in [-0.3, -0.25) is 4.74 Å². The molecule has 0 spiro atoms. The highest BCUT2D eigenvalue weighted by molar-refractivity contribution is 7.87. The largest absolute Gasteiger partial charge is 0.253 e. The average Bonchev–Trinajstić information content (AvgIpc) is 3.05. The molecule has 0 amide bonds. The third kappa shape index (κ3) is 5.61. The second-order valence-corrected chi connectivity index (χ2v) is 12.9. The second-order valence-electron chi connectivity index (χ2n) is 9.92. The van der Waals surface area contributed by atoms with Crippen LogP contribution >= 0.6 is 7.05 Å². The summed E-state index contributed by atoms with van der Waals surface area (Å²) in [5.74, 6) is 0. The third-order valence-corrected chi connectivity index (χ3v) is 10.8. The summed E-state index contributed by atoms with van der Waals surface area (Å²) in [7, 11) is -2.45. The van der Waals surface area contributed by atoms with E-state index in [-0.39, 0.29) is 0 Å². The summed E-state index contributed by atoms with van der Waals surface area (Å²) < 4.78 is 5.83. The Morgan fingerprint density at radius 3 is 1.41 bits per heavy atom. The van der Waals surface area contributed by atoms with Crippen LogP contribution in [0.4, 0.5) is 11.4 Å². The summed E-state index contributed by atoms with van der Waals surface area (Å²) in [5.41, 5.74) is 6.02. The Morgan fingerprint density at radius 2 is 0.902 bits per heavy atom. The van der Waals surface area contributed by atoms with E-state index in [4.69, 9.17) is 9.74 Å². The molecule has 198 valence electrons. The van der Waals surface area contributed by atoms with E-state index in [0.29, 0.717) is 0 Å². The summed E-state index contributed by atoms with van der Waals surface area (Å²) in [4.78, 5) is 5.22. The minimum Gasteiger partial charge on any atom is -0.253 e. The van der Waals surface area contributed by atoms with Gasteiger partial charge in [-0.2, -0.15) is 0 Å². The van der Waals surface area contributed by atoms with Gasteiger partial charge in [-0.25, -0.2) is 4.99 Å². The van der Waals surface area contributed by atoms with Gasteiger partial charge >= 0.3 is 0 Å². The summed E-state index contributed by atoms with van der Waals surface area (Å²) in [5, 5.41) is 3.64. The van der Waals surface area contributed by atoms with Crippen LogP contribution in [-0.2, 0) is 0 Å². The zero-order chi connectivity index (χ0) is 27.9. The van der Waals surface area contributed by atoms with Crippen LogP contribution in [-0.4, -0.2) is 5.71 Å². The zero-order valence-electron chi connectivity index (χ0n) is 23.0. The predicted molar refractivity (Wildman–Crippen MR) is 177 cm³/mol. The third-order valence-electron chi connectivity index (χ3n) is 7.13. The Labute approximate surface area is 242 Å². The van der Waals surface area contributed by atoms with Crippen LogP contribution in [0.1, 0.15) is 16.7 Å².